The van der Waals surface area contributed by atoms with Crippen molar-refractivity contribution in [2.45, 2.75) is 12.5 Å². The Labute approximate surface area is 69.8 Å². The Morgan fingerprint density at radius 3 is 2.80 bits per heavy atom. The quantitative estimate of drug-likeness (QED) is 0.539. The minimum absolute atomic E-state index is 0.0723. The molecule has 0 bridgehead atoms. The van der Waals surface area contributed by atoms with Crippen LogP contribution < -0.4 is 5.32 Å². The SMILES string of the molecule is C=CCC(NC)C(=O)CBr. The molecule has 0 aliphatic rings. The van der Waals surface area contributed by atoms with E-state index in [-0.39, 0.29) is 11.8 Å². The summed E-state index contributed by atoms with van der Waals surface area (Å²) in [5.74, 6) is 0.169. The van der Waals surface area contributed by atoms with Crippen molar-refractivity contribution in [3.8, 4) is 0 Å². The molecule has 0 aromatic rings. The van der Waals surface area contributed by atoms with Crippen molar-refractivity contribution >= 4 is 21.7 Å². The molecule has 0 saturated heterocycles. The van der Waals surface area contributed by atoms with Gasteiger partial charge in [0.1, 0.15) is 0 Å². The summed E-state index contributed by atoms with van der Waals surface area (Å²) < 4.78 is 0. The van der Waals surface area contributed by atoms with E-state index in [0.717, 1.165) is 0 Å². The number of hydrogen-bond acceptors (Lipinski definition) is 2. The standard InChI is InChI=1S/C7H12BrNO/c1-3-4-6(9-2)7(10)5-8/h3,6,9H,1,4-5H2,2H3. The number of Topliss-reactive ketones (excluding diaryl/α,β-unsaturated/α-hetero) is 1. The molecule has 0 fully saturated rings. The zero-order chi connectivity index (χ0) is 7.98. The largest absolute Gasteiger partial charge is 0.310 e. The molecule has 1 N–H and O–H groups in total. The lowest BCUT2D eigenvalue weighted by atomic mass is 10.1. The molecule has 0 aliphatic carbocycles. The van der Waals surface area contributed by atoms with Gasteiger partial charge in [-0.25, -0.2) is 0 Å². The minimum atomic E-state index is -0.0723. The smallest absolute Gasteiger partial charge is 0.160 e. The van der Waals surface area contributed by atoms with Crippen LogP contribution in [0.5, 0.6) is 0 Å². The van der Waals surface area contributed by atoms with Gasteiger partial charge in [-0.2, -0.15) is 0 Å². The first-order valence-corrected chi connectivity index (χ1v) is 4.25. The maximum Gasteiger partial charge on any atom is 0.160 e. The van der Waals surface area contributed by atoms with E-state index in [1.54, 1.807) is 13.1 Å². The lowest BCUT2D eigenvalue weighted by Gasteiger charge is -2.09. The summed E-state index contributed by atoms with van der Waals surface area (Å²) in [6.45, 7) is 3.56. The molecule has 10 heavy (non-hydrogen) atoms. The number of likely N-dealkylation sites (N-methyl/N-ethyl adjacent to an activating group) is 1. The first kappa shape index (κ1) is 9.85. The van der Waals surface area contributed by atoms with Crippen molar-refractivity contribution in [1.82, 2.24) is 5.32 Å². The van der Waals surface area contributed by atoms with Crippen molar-refractivity contribution in [2.75, 3.05) is 12.4 Å². The number of hydrogen-bond donors (Lipinski definition) is 1. The number of ketones is 1. The maximum absolute atomic E-state index is 11.0. The lowest BCUT2D eigenvalue weighted by Crippen LogP contribution is -2.34. The van der Waals surface area contributed by atoms with E-state index in [1.165, 1.54) is 0 Å². The van der Waals surface area contributed by atoms with E-state index < -0.39 is 0 Å². The van der Waals surface area contributed by atoms with E-state index in [0.29, 0.717) is 11.8 Å². The van der Waals surface area contributed by atoms with Crippen LogP contribution in [0.3, 0.4) is 0 Å². The Bertz CT molecular complexity index is 125. The summed E-state index contributed by atoms with van der Waals surface area (Å²) in [5, 5.41) is 3.31. The minimum Gasteiger partial charge on any atom is -0.310 e. The number of alkyl halides is 1. The second-order valence-electron chi connectivity index (χ2n) is 1.97. The molecule has 1 atom stereocenters. The summed E-state index contributed by atoms with van der Waals surface area (Å²) >= 11 is 3.10. The van der Waals surface area contributed by atoms with Gasteiger partial charge in [0.15, 0.2) is 5.78 Å². The topological polar surface area (TPSA) is 29.1 Å². The van der Waals surface area contributed by atoms with Crippen LogP contribution in [0.1, 0.15) is 6.42 Å². The van der Waals surface area contributed by atoms with E-state index in [4.69, 9.17) is 0 Å². The molecular weight excluding hydrogens is 194 g/mol. The number of carbonyl (C=O) groups is 1. The number of nitrogens with one attached hydrogen (secondary N) is 1. The molecule has 0 saturated carbocycles. The van der Waals surface area contributed by atoms with Gasteiger partial charge >= 0.3 is 0 Å². The highest BCUT2D eigenvalue weighted by atomic mass is 79.9. The molecular formula is C7H12BrNO. The van der Waals surface area contributed by atoms with Crippen molar-refractivity contribution in [1.29, 1.82) is 0 Å². The molecule has 0 aromatic heterocycles. The molecule has 0 spiro atoms. The molecule has 0 heterocycles. The van der Waals surface area contributed by atoms with E-state index in [1.807, 2.05) is 0 Å². The third-order valence-electron chi connectivity index (χ3n) is 1.27. The Kier molecular flexibility index (Phi) is 5.54. The van der Waals surface area contributed by atoms with E-state index in [2.05, 4.69) is 27.8 Å². The fourth-order valence-corrected chi connectivity index (χ4v) is 1.06. The van der Waals surface area contributed by atoms with Crippen LogP contribution in [-0.2, 0) is 4.79 Å². The molecule has 58 valence electrons. The van der Waals surface area contributed by atoms with Gasteiger partial charge in [0.2, 0.25) is 0 Å². The highest BCUT2D eigenvalue weighted by molar-refractivity contribution is 9.09. The second kappa shape index (κ2) is 5.62. The Balaban J connectivity index is 3.79. The summed E-state index contributed by atoms with van der Waals surface area (Å²) in [6.07, 6.45) is 2.43. The van der Waals surface area contributed by atoms with Gasteiger partial charge in [-0.1, -0.05) is 22.0 Å². The van der Waals surface area contributed by atoms with Gasteiger partial charge in [0.25, 0.3) is 0 Å². The molecule has 0 aromatic carbocycles. The highest BCUT2D eigenvalue weighted by Gasteiger charge is 2.11. The molecule has 2 nitrogen and oxygen atoms in total. The Morgan fingerprint density at radius 2 is 2.50 bits per heavy atom. The number of carbonyl (C=O) groups excluding carboxylic acids is 1. The third kappa shape index (κ3) is 3.13. The van der Waals surface area contributed by atoms with Crippen LogP contribution >= 0.6 is 15.9 Å². The van der Waals surface area contributed by atoms with Crippen molar-refractivity contribution in [3.63, 3.8) is 0 Å². The van der Waals surface area contributed by atoms with Gasteiger partial charge in [-0.05, 0) is 13.5 Å². The summed E-state index contributed by atoms with van der Waals surface area (Å²) in [7, 11) is 1.77. The van der Waals surface area contributed by atoms with Gasteiger partial charge in [-0.15, -0.1) is 6.58 Å². The van der Waals surface area contributed by atoms with Gasteiger partial charge in [0, 0.05) is 0 Å². The van der Waals surface area contributed by atoms with Crippen molar-refractivity contribution in [2.24, 2.45) is 0 Å². The Morgan fingerprint density at radius 1 is 1.90 bits per heavy atom. The first-order chi connectivity index (χ1) is 4.76. The monoisotopic (exact) mass is 205 g/mol. The molecule has 1 unspecified atom stereocenters. The average Bonchev–Trinajstić information content (AvgIpc) is 1.99. The average molecular weight is 206 g/mol. The van der Waals surface area contributed by atoms with Crippen LogP contribution in [0.15, 0.2) is 12.7 Å². The fourth-order valence-electron chi connectivity index (χ4n) is 0.670. The second-order valence-corrected chi connectivity index (χ2v) is 2.53. The molecule has 0 rings (SSSR count). The lowest BCUT2D eigenvalue weighted by molar-refractivity contribution is -0.118. The summed E-state index contributed by atoms with van der Waals surface area (Å²) in [6, 6.07) is -0.0723. The highest BCUT2D eigenvalue weighted by Crippen LogP contribution is 1.96. The van der Waals surface area contributed by atoms with Gasteiger partial charge in [0.05, 0.1) is 11.4 Å². The van der Waals surface area contributed by atoms with Crippen LogP contribution in [-0.4, -0.2) is 24.2 Å². The van der Waals surface area contributed by atoms with Crippen LogP contribution in [0, 0.1) is 0 Å². The predicted molar refractivity (Wildman–Crippen MR) is 46.5 cm³/mol. The zero-order valence-electron chi connectivity index (χ0n) is 6.06. The van der Waals surface area contributed by atoms with E-state index >= 15 is 0 Å². The molecule has 3 heteroatoms. The van der Waals surface area contributed by atoms with Crippen LogP contribution in [0.25, 0.3) is 0 Å². The summed E-state index contributed by atoms with van der Waals surface area (Å²) in [4.78, 5) is 11.0. The number of halogens is 1. The molecule has 0 aliphatic heterocycles. The molecule has 0 radical (unpaired) electrons. The van der Waals surface area contributed by atoms with Crippen molar-refractivity contribution in [3.05, 3.63) is 12.7 Å². The normalized spacial score (nSPS) is 12.6. The maximum atomic E-state index is 11.0. The Hall–Kier alpha value is -0.150. The predicted octanol–water partition coefficient (Wildman–Crippen LogP) is 1.11. The van der Waals surface area contributed by atoms with Crippen molar-refractivity contribution < 1.29 is 4.79 Å². The number of rotatable bonds is 5. The zero-order valence-corrected chi connectivity index (χ0v) is 7.65. The first-order valence-electron chi connectivity index (χ1n) is 3.13. The third-order valence-corrected chi connectivity index (χ3v) is 1.82. The van der Waals surface area contributed by atoms with Crippen LogP contribution in [0.2, 0.25) is 0 Å². The van der Waals surface area contributed by atoms with Crippen LogP contribution in [0.4, 0.5) is 0 Å². The van der Waals surface area contributed by atoms with E-state index in [9.17, 15) is 4.79 Å². The summed E-state index contributed by atoms with van der Waals surface area (Å²) in [5.41, 5.74) is 0. The fraction of sp³-hybridized carbons (Fsp3) is 0.571. The van der Waals surface area contributed by atoms with Gasteiger partial charge < -0.3 is 5.32 Å². The van der Waals surface area contributed by atoms with Gasteiger partial charge in [-0.3, -0.25) is 4.79 Å². The molecule has 0 amide bonds.